The number of aryl methyl sites for hydroxylation is 2. The first-order valence-electron chi connectivity index (χ1n) is 10.2. The number of nitrogens with one attached hydrogen (secondary N) is 1. The number of aromatic amines is 1. The van der Waals surface area contributed by atoms with Crippen molar-refractivity contribution in [2.45, 2.75) is 44.2 Å². The van der Waals surface area contributed by atoms with E-state index in [1.807, 2.05) is 26.0 Å². The summed E-state index contributed by atoms with van der Waals surface area (Å²) in [4.78, 5) is 15.9. The molecule has 0 radical (unpaired) electrons. The van der Waals surface area contributed by atoms with Crippen LogP contribution in [0, 0.1) is 13.8 Å². The predicted octanol–water partition coefficient (Wildman–Crippen LogP) is 4.17. The number of fused-ring (bicyclic) bond motifs is 1. The van der Waals surface area contributed by atoms with Gasteiger partial charge in [-0.05, 0) is 73.5 Å². The highest BCUT2D eigenvalue weighted by Gasteiger charge is 2.30. The van der Waals surface area contributed by atoms with Gasteiger partial charge in [0, 0.05) is 30.3 Å². The molecule has 2 heterocycles. The van der Waals surface area contributed by atoms with Crippen LogP contribution in [0.1, 0.15) is 29.5 Å². The third kappa shape index (κ3) is 4.55. The summed E-state index contributed by atoms with van der Waals surface area (Å²) in [7, 11) is -3.85. The Balaban J connectivity index is 1.74. The van der Waals surface area contributed by atoms with Crippen LogP contribution in [0.5, 0.6) is 0 Å². The number of rotatable bonds is 6. The van der Waals surface area contributed by atoms with Crippen molar-refractivity contribution in [3.63, 3.8) is 0 Å². The van der Waals surface area contributed by atoms with E-state index in [0.29, 0.717) is 17.2 Å². The van der Waals surface area contributed by atoms with Crippen LogP contribution in [0.4, 0.5) is 0 Å². The quantitative estimate of drug-likeness (QED) is 0.598. The second kappa shape index (κ2) is 8.74. The van der Waals surface area contributed by atoms with Crippen LogP contribution in [0.3, 0.4) is 0 Å². The minimum Gasteiger partial charge on any atom is -0.377 e. The zero-order valence-electron chi connectivity index (χ0n) is 17.5. The summed E-state index contributed by atoms with van der Waals surface area (Å²) >= 11 is 5.93. The summed E-state index contributed by atoms with van der Waals surface area (Å²) in [6.45, 7) is 4.72. The molecule has 1 aliphatic heterocycles. The topological polar surface area (TPSA) is 79.5 Å². The normalized spacial score (nSPS) is 17.0. The van der Waals surface area contributed by atoms with Gasteiger partial charge in [0.1, 0.15) is 0 Å². The molecule has 1 fully saturated rings. The van der Waals surface area contributed by atoms with E-state index in [1.165, 1.54) is 16.4 Å². The molecule has 1 saturated heterocycles. The fraction of sp³-hybridized carbons (Fsp3) is 0.348. The number of aromatic nitrogens is 1. The molecule has 1 aromatic heterocycles. The molecule has 0 amide bonds. The molecule has 1 N–H and O–H groups in total. The maximum Gasteiger partial charge on any atom is 0.252 e. The van der Waals surface area contributed by atoms with Gasteiger partial charge in [-0.25, -0.2) is 8.42 Å². The molecule has 1 aliphatic rings. The van der Waals surface area contributed by atoms with Crippen molar-refractivity contribution in [2.75, 3.05) is 13.2 Å². The van der Waals surface area contributed by atoms with Gasteiger partial charge in [-0.2, -0.15) is 4.31 Å². The maximum atomic E-state index is 13.4. The average Bonchev–Trinajstić information content (AvgIpc) is 3.25. The maximum absolute atomic E-state index is 13.4. The highest BCUT2D eigenvalue weighted by Crippen LogP contribution is 2.24. The summed E-state index contributed by atoms with van der Waals surface area (Å²) < 4.78 is 33.9. The van der Waals surface area contributed by atoms with Crippen molar-refractivity contribution >= 4 is 32.5 Å². The van der Waals surface area contributed by atoms with Crippen molar-refractivity contribution in [3.05, 3.63) is 74.5 Å². The molecule has 0 unspecified atom stereocenters. The van der Waals surface area contributed by atoms with E-state index < -0.39 is 10.0 Å². The van der Waals surface area contributed by atoms with Crippen molar-refractivity contribution in [1.29, 1.82) is 0 Å². The smallest absolute Gasteiger partial charge is 0.252 e. The molecule has 0 saturated carbocycles. The van der Waals surface area contributed by atoms with Crippen LogP contribution in [-0.2, 0) is 21.3 Å². The first-order valence-corrected chi connectivity index (χ1v) is 12.1. The molecule has 164 valence electrons. The van der Waals surface area contributed by atoms with E-state index in [4.69, 9.17) is 16.3 Å². The van der Waals surface area contributed by atoms with Crippen LogP contribution in [-0.4, -0.2) is 37.0 Å². The first kappa shape index (κ1) is 22.0. The van der Waals surface area contributed by atoms with Crippen LogP contribution >= 0.6 is 11.6 Å². The van der Waals surface area contributed by atoms with Gasteiger partial charge in [-0.3, -0.25) is 4.79 Å². The van der Waals surface area contributed by atoms with Gasteiger partial charge in [-0.15, -0.1) is 0 Å². The largest absolute Gasteiger partial charge is 0.377 e. The molecule has 4 rings (SSSR count). The first-order chi connectivity index (χ1) is 14.8. The van der Waals surface area contributed by atoms with E-state index >= 15 is 0 Å². The van der Waals surface area contributed by atoms with E-state index in [-0.39, 0.29) is 29.6 Å². The summed E-state index contributed by atoms with van der Waals surface area (Å²) in [5.74, 6) is 0. The number of hydrogen-bond donors (Lipinski definition) is 1. The molecule has 8 heteroatoms. The fourth-order valence-electron chi connectivity index (χ4n) is 3.90. The Bertz CT molecular complexity index is 1260. The molecule has 3 aromatic rings. The number of hydrogen-bond acceptors (Lipinski definition) is 4. The number of halogens is 1. The Hall–Kier alpha value is -2.19. The molecule has 31 heavy (non-hydrogen) atoms. The lowest BCUT2D eigenvalue weighted by Crippen LogP contribution is -2.38. The summed E-state index contributed by atoms with van der Waals surface area (Å²) in [5.41, 5.74) is 2.98. The van der Waals surface area contributed by atoms with Crippen molar-refractivity contribution in [2.24, 2.45) is 0 Å². The second-order valence-electron chi connectivity index (χ2n) is 7.98. The van der Waals surface area contributed by atoms with Crippen LogP contribution < -0.4 is 5.56 Å². The van der Waals surface area contributed by atoms with E-state index in [2.05, 4.69) is 4.98 Å². The van der Waals surface area contributed by atoms with E-state index in [1.54, 1.807) is 18.2 Å². The summed E-state index contributed by atoms with van der Waals surface area (Å²) in [5, 5.41) is 1.33. The SMILES string of the molecule is Cc1ccc2cc(CN(C[C@H]3CCCO3)S(=O)(=O)c3ccc(Cl)cc3)c(=O)[nH]c2c1C. The van der Waals surface area contributed by atoms with E-state index in [0.717, 1.165) is 34.9 Å². The number of H-pyrrole nitrogens is 1. The minimum absolute atomic E-state index is 0.0387. The zero-order valence-corrected chi connectivity index (χ0v) is 19.1. The van der Waals surface area contributed by atoms with E-state index in [9.17, 15) is 13.2 Å². The average molecular weight is 461 g/mol. The highest BCUT2D eigenvalue weighted by molar-refractivity contribution is 7.89. The fourth-order valence-corrected chi connectivity index (χ4v) is 5.47. The molecule has 0 spiro atoms. The predicted molar refractivity (Wildman–Crippen MR) is 122 cm³/mol. The van der Waals surface area contributed by atoms with Gasteiger partial charge in [-0.1, -0.05) is 23.7 Å². The lowest BCUT2D eigenvalue weighted by molar-refractivity contribution is 0.0925. The van der Waals surface area contributed by atoms with Gasteiger partial charge in [0.05, 0.1) is 16.5 Å². The van der Waals surface area contributed by atoms with Crippen LogP contribution in [0.15, 0.2) is 52.2 Å². The summed E-state index contributed by atoms with van der Waals surface area (Å²) in [6, 6.07) is 11.8. The number of sulfonamides is 1. The molecule has 2 aromatic carbocycles. The summed E-state index contributed by atoms with van der Waals surface area (Å²) in [6.07, 6.45) is 1.50. The van der Waals surface area contributed by atoms with Crippen molar-refractivity contribution < 1.29 is 13.2 Å². The molecule has 0 bridgehead atoms. The van der Waals surface area contributed by atoms with Crippen molar-refractivity contribution in [1.82, 2.24) is 9.29 Å². The lowest BCUT2D eigenvalue weighted by Gasteiger charge is -2.25. The highest BCUT2D eigenvalue weighted by atomic mass is 35.5. The lowest BCUT2D eigenvalue weighted by atomic mass is 10.0. The van der Waals surface area contributed by atoms with Gasteiger partial charge in [0.15, 0.2) is 0 Å². The number of pyridine rings is 1. The molecular formula is C23H25ClN2O4S. The molecule has 0 aliphatic carbocycles. The van der Waals surface area contributed by atoms with Crippen LogP contribution in [0.25, 0.3) is 10.9 Å². The third-order valence-corrected chi connectivity index (χ3v) is 7.94. The van der Waals surface area contributed by atoms with Crippen LogP contribution in [0.2, 0.25) is 5.02 Å². The monoisotopic (exact) mass is 460 g/mol. The van der Waals surface area contributed by atoms with Gasteiger partial charge < -0.3 is 9.72 Å². The number of nitrogens with zero attached hydrogens (tertiary/aromatic N) is 1. The second-order valence-corrected chi connectivity index (χ2v) is 10.4. The number of benzene rings is 2. The Morgan fingerprint density at radius 3 is 2.58 bits per heavy atom. The van der Waals surface area contributed by atoms with Gasteiger partial charge >= 0.3 is 0 Å². The standard InChI is InChI=1S/C23H25ClN2O4S/c1-15-5-6-17-12-18(23(27)25-22(17)16(15)2)13-26(14-20-4-3-11-30-20)31(28,29)21-9-7-19(24)8-10-21/h5-10,12,20H,3-4,11,13-14H2,1-2H3,(H,25,27)/t20-/m1/s1. The molecule has 1 atom stereocenters. The van der Waals surface area contributed by atoms with Gasteiger partial charge in [0.2, 0.25) is 10.0 Å². The Labute approximate surface area is 186 Å². The van der Waals surface area contributed by atoms with Crippen molar-refractivity contribution in [3.8, 4) is 0 Å². The number of ether oxygens (including phenoxy) is 1. The third-order valence-electron chi connectivity index (χ3n) is 5.86. The van der Waals surface area contributed by atoms with Gasteiger partial charge in [0.25, 0.3) is 5.56 Å². The Morgan fingerprint density at radius 1 is 1.16 bits per heavy atom. The zero-order chi connectivity index (χ0) is 22.2. The Morgan fingerprint density at radius 2 is 1.90 bits per heavy atom. The molecule has 6 nitrogen and oxygen atoms in total. The minimum atomic E-state index is -3.85. The molecular weight excluding hydrogens is 436 g/mol. The Kier molecular flexibility index (Phi) is 6.21.